The van der Waals surface area contributed by atoms with Crippen LogP contribution in [0, 0.1) is 52.3 Å². The predicted molar refractivity (Wildman–Crippen MR) is 125 cm³/mol. The van der Waals surface area contributed by atoms with Crippen LogP contribution in [-0.4, -0.2) is 21.9 Å². The van der Waals surface area contributed by atoms with Gasteiger partial charge in [0.2, 0.25) is 0 Å². The van der Waals surface area contributed by atoms with Crippen molar-refractivity contribution >= 4 is 0 Å². The molecule has 0 bridgehead atoms. The van der Waals surface area contributed by atoms with Gasteiger partial charge in [-0.15, -0.1) is 0 Å². The standard InChI is InChI=1S/C28H50O2/c1-7-28(30)15-14-26(5)20(17-28)8-9-21-23-11-10-22(19(4)25(29)16-18(2)3)27(23,6)13-12-24(21)26/h18-25,29-30H,7-17H2,1-6H3/t19-,20+,21-,22+,23-,24-,25+,26-,27+,28+/m0/s1. The van der Waals surface area contributed by atoms with E-state index in [9.17, 15) is 10.2 Å². The van der Waals surface area contributed by atoms with Crippen LogP contribution in [0.15, 0.2) is 0 Å². The van der Waals surface area contributed by atoms with Crippen LogP contribution in [0.3, 0.4) is 0 Å². The summed E-state index contributed by atoms with van der Waals surface area (Å²) in [5, 5.41) is 21.9. The second-order valence-corrected chi connectivity index (χ2v) is 13.2. The fourth-order valence-corrected chi connectivity index (χ4v) is 9.51. The second kappa shape index (κ2) is 8.05. The lowest BCUT2D eigenvalue weighted by atomic mass is 9.43. The highest BCUT2D eigenvalue weighted by molar-refractivity contribution is 5.11. The first kappa shape index (κ1) is 23.1. The Morgan fingerprint density at radius 1 is 0.867 bits per heavy atom. The van der Waals surface area contributed by atoms with Gasteiger partial charge in [0.1, 0.15) is 0 Å². The zero-order valence-corrected chi connectivity index (χ0v) is 20.8. The molecule has 30 heavy (non-hydrogen) atoms. The Hall–Kier alpha value is -0.0800. The lowest BCUT2D eigenvalue weighted by Gasteiger charge is -2.62. The summed E-state index contributed by atoms with van der Waals surface area (Å²) in [5.41, 5.74) is 0.494. The van der Waals surface area contributed by atoms with Gasteiger partial charge in [-0.3, -0.25) is 0 Å². The average molecular weight is 419 g/mol. The molecule has 4 rings (SSSR count). The summed E-state index contributed by atoms with van der Waals surface area (Å²) in [4.78, 5) is 0. The van der Waals surface area contributed by atoms with Crippen molar-refractivity contribution in [2.75, 3.05) is 0 Å². The summed E-state index contributed by atoms with van der Waals surface area (Å²) in [5.74, 6) is 5.04. The SMILES string of the molecule is CC[C@@]1(O)CC[C@@]2(C)[C@H](CC[C@@H]3[C@@H]2CC[C@]2(C)[C@@H]([C@H](C)[C@H](O)CC(C)C)CC[C@@H]32)C1. The summed E-state index contributed by atoms with van der Waals surface area (Å²) in [7, 11) is 0. The van der Waals surface area contributed by atoms with E-state index < -0.39 is 0 Å². The van der Waals surface area contributed by atoms with Gasteiger partial charge >= 0.3 is 0 Å². The van der Waals surface area contributed by atoms with Crippen molar-refractivity contribution in [1.82, 2.24) is 0 Å². The number of aliphatic hydroxyl groups excluding tert-OH is 1. The highest BCUT2D eigenvalue weighted by Gasteiger charge is 2.61. The number of hydrogen-bond donors (Lipinski definition) is 2. The molecule has 2 nitrogen and oxygen atoms in total. The molecule has 0 aromatic heterocycles. The number of aliphatic hydroxyl groups is 2. The van der Waals surface area contributed by atoms with Gasteiger partial charge in [0.05, 0.1) is 11.7 Å². The monoisotopic (exact) mass is 418 g/mol. The van der Waals surface area contributed by atoms with E-state index >= 15 is 0 Å². The predicted octanol–water partition coefficient (Wildman–Crippen LogP) is 6.83. The van der Waals surface area contributed by atoms with Crippen molar-refractivity contribution in [2.24, 2.45) is 52.3 Å². The molecule has 4 aliphatic carbocycles. The Labute approximate surface area is 186 Å². The molecule has 0 heterocycles. The van der Waals surface area contributed by atoms with Gasteiger partial charge in [-0.2, -0.15) is 0 Å². The molecule has 0 aromatic rings. The quantitative estimate of drug-likeness (QED) is 0.513. The molecule has 0 aliphatic heterocycles. The fourth-order valence-electron chi connectivity index (χ4n) is 9.51. The van der Waals surface area contributed by atoms with Gasteiger partial charge in [-0.1, -0.05) is 41.5 Å². The average Bonchev–Trinajstić information content (AvgIpc) is 3.04. The molecule has 0 amide bonds. The molecule has 4 saturated carbocycles. The van der Waals surface area contributed by atoms with E-state index in [1.54, 1.807) is 0 Å². The van der Waals surface area contributed by atoms with E-state index in [4.69, 9.17) is 0 Å². The van der Waals surface area contributed by atoms with Crippen LogP contribution < -0.4 is 0 Å². The molecule has 0 aromatic carbocycles. The van der Waals surface area contributed by atoms with E-state index in [-0.39, 0.29) is 11.7 Å². The van der Waals surface area contributed by atoms with Crippen molar-refractivity contribution in [3.05, 3.63) is 0 Å². The molecular formula is C28H50O2. The minimum atomic E-state index is -0.388. The fraction of sp³-hybridized carbons (Fsp3) is 1.00. The summed E-state index contributed by atoms with van der Waals surface area (Å²) in [6.07, 6.45) is 13.2. The first-order valence-corrected chi connectivity index (χ1v) is 13.4. The zero-order chi connectivity index (χ0) is 21.9. The maximum absolute atomic E-state index is 11.0. The summed E-state index contributed by atoms with van der Waals surface area (Å²) < 4.78 is 0. The maximum atomic E-state index is 11.0. The van der Waals surface area contributed by atoms with Crippen molar-refractivity contribution in [3.63, 3.8) is 0 Å². The Morgan fingerprint density at radius 3 is 2.23 bits per heavy atom. The van der Waals surface area contributed by atoms with Crippen LogP contribution in [0.2, 0.25) is 0 Å². The molecule has 4 aliphatic rings. The molecule has 2 N–H and O–H groups in total. The lowest BCUT2D eigenvalue weighted by molar-refractivity contribution is -0.154. The Bertz CT molecular complexity index is 616. The lowest BCUT2D eigenvalue weighted by Crippen LogP contribution is -2.56. The van der Waals surface area contributed by atoms with E-state index in [1.807, 2.05) is 0 Å². The first-order chi connectivity index (χ1) is 14.0. The van der Waals surface area contributed by atoms with Gasteiger partial charge in [0.15, 0.2) is 0 Å². The Balaban J connectivity index is 1.51. The minimum absolute atomic E-state index is 0.137. The van der Waals surface area contributed by atoms with Gasteiger partial charge in [0, 0.05) is 0 Å². The molecule has 10 atom stereocenters. The van der Waals surface area contributed by atoms with E-state index in [2.05, 4.69) is 41.5 Å². The number of rotatable bonds is 5. The van der Waals surface area contributed by atoms with Crippen molar-refractivity contribution in [2.45, 2.75) is 124 Å². The third-order valence-corrected chi connectivity index (χ3v) is 11.5. The van der Waals surface area contributed by atoms with E-state index in [0.717, 1.165) is 49.4 Å². The Kier molecular flexibility index (Phi) is 6.20. The third-order valence-electron chi connectivity index (χ3n) is 11.5. The highest BCUT2D eigenvalue weighted by Crippen LogP contribution is 2.69. The number of hydrogen-bond acceptors (Lipinski definition) is 2. The summed E-state index contributed by atoms with van der Waals surface area (Å²) >= 11 is 0. The van der Waals surface area contributed by atoms with Gasteiger partial charge in [-0.05, 0) is 123 Å². The van der Waals surface area contributed by atoms with Crippen molar-refractivity contribution < 1.29 is 10.2 Å². The summed E-state index contributed by atoms with van der Waals surface area (Å²) in [6, 6.07) is 0. The second-order valence-electron chi connectivity index (χ2n) is 13.2. The van der Waals surface area contributed by atoms with Crippen LogP contribution in [0.5, 0.6) is 0 Å². The molecule has 2 heteroatoms. The molecule has 4 fully saturated rings. The van der Waals surface area contributed by atoms with Crippen LogP contribution >= 0.6 is 0 Å². The van der Waals surface area contributed by atoms with Crippen LogP contribution in [0.4, 0.5) is 0 Å². The van der Waals surface area contributed by atoms with Crippen LogP contribution in [-0.2, 0) is 0 Å². The summed E-state index contributed by atoms with van der Waals surface area (Å²) in [6.45, 7) is 14.2. The molecule has 0 radical (unpaired) electrons. The Morgan fingerprint density at radius 2 is 1.57 bits per heavy atom. The third kappa shape index (κ3) is 3.60. The smallest absolute Gasteiger partial charge is 0.0648 e. The van der Waals surface area contributed by atoms with Crippen LogP contribution in [0.1, 0.15) is 112 Å². The van der Waals surface area contributed by atoms with Crippen molar-refractivity contribution in [1.29, 1.82) is 0 Å². The van der Waals surface area contributed by atoms with Gasteiger partial charge in [0.25, 0.3) is 0 Å². The maximum Gasteiger partial charge on any atom is 0.0648 e. The molecule has 174 valence electrons. The normalized spacial score (nSPS) is 50.5. The highest BCUT2D eigenvalue weighted by atomic mass is 16.3. The number of fused-ring (bicyclic) bond motifs is 5. The van der Waals surface area contributed by atoms with Gasteiger partial charge in [-0.25, -0.2) is 0 Å². The first-order valence-electron chi connectivity index (χ1n) is 13.4. The van der Waals surface area contributed by atoms with Crippen LogP contribution in [0.25, 0.3) is 0 Å². The zero-order valence-electron chi connectivity index (χ0n) is 20.8. The van der Waals surface area contributed by atoms with E-state index in [0.29, 0.717) is 28.6 Å². The van der Waals surface area contributed by atoms with Gasteiger partial charge < -0.3 is 10.2 Å². The molecule has 0 unspecified atom stereocenters. The van der Waals surface area contributed by atoms with E-state index in [1.165, 1.54) is 44.9 Å². The topological polar surface area (TPSA) is 40.5 Å². The molecular weight excluding hydrogens is 368 g/mol. The van der Waals surface area contributed by atoms with Crippen molar-refractivity contribution in [3.8, 4) is 0 Å². The molecule has 0 spiro atoms. The largest absolute Gasteiger partial charge is 0.393 e. The molecule has 0 saturated heterocycles. The minimum Gasteiger partial charge on any atom is -0.393 e.